The summed E-state index contributed by atoms with van der Waals surface area (Å²) in [7, 11) is 1.92. The van der Waals surface area contributed by atoms with Gasteiger partial charge in [0.15, 0.2) is 0 Å². The lowest BCUT2D eigenvalue weighted by molar-refractivity contribution is -0.143. The summed E-state index contributed by atoms with van der Waals surface area (Å²) in [5, 5.41) is 3.13. The molecule has 2 fully saturated rings. The number of amides is 1. The van der Waals surface area contributed by atoms with E-state index in [0.717, 1.165) is 19.6 Å². The van der Waals surface area contributed by atoms with Crippen LogP contribution in [0.2, 0.25) is 0 Å². The molecule has 2 aliphatic rings. The molecule has 6 heteroatoms. The summed E-state index contributed by atoms with van der Waals surface area (Å²) in [5.74, 6) is 0.216. The molecule has 19 heavy (non-hydrogen) atoms. The van der Waals surface area contributed by atoms with Gasteiger partial charge in [-0.3, -0.25) is 9.69 Å². The molecule has 2 unspecified atom stereocenters. The number of ether oxygens (including phenoxy) is 2. The number of carbonyl (C=O) groups is 1. The molecule has 6 nitrogen and oxygen atoms in total. The van der Waals surface area contributed by atoms with Crippen molar-refractivity contribution in [2.24, 2.45) is 0 Å². The van der Waals surface area contributed by atoms with E-state index in [4.69, 9.17) is 9.47 Å². The molecular formula is C13H25N3O3. The number of nitrogens with one attached hydrogen (secondary N) is 1. The van der Waals surface area contributed by atoms with Gasteiger partial charge in [-0.05, 0) is 14.0 Å². The van der Waals surface area contributed by atoms with Crippen LogP contribution in [0.25, 0.3) is 0 Å². The van der Waals surface area contributed by atoms with E-state index in [0.29, 0.717) is 32.9 Å². The molecule has 2 aliphatic heterocycles. The van der Waals surface area contributed by atoms with Crippen molar-refractivity contribution in [1.82, 2.24) is 15.1 Å². The Labute approximate surface area is 115 Å². The minimum atomic E-state index is -0.0682. The van der Waals surface area contributed by atoms with Gasteiger partial charge >= 0.3 is 0 Å². The molecule has 2 saturated heterocycles. The number of likely N-dealkylation sites (N-methyl/N-ethyl adjacent to an activating group) is 1. The lowest BCUT2D eigenvalue weighted by Gasteiger charge is -2.38. The molecule has 0 aromatic carbocycles. The van der Waals surface area contributed by atoms with Crippen LogP contribution >= 0.6 is 0 Å². The maximum absolute atomic E-state index is 12.4. The van der Waals surface area contributed by atoms with Gasteiger partial charge in [-0.15, -0.1) is 0 Å². The molecule has 1 amide bonds. The fourth-order valence-corrected chi connectivity index (χ4v) is 2.65. The van der Waals surface area contributed by atoms with Crippen LogP contribution in [0.5, 0.6) is 0 Å². The van der Waals surface area contributed by atoms with Gasteiger partial charge in [0, 0.05) is 32.7 Å². The Bertz CT molecular complexity index is 293. The molecule has 0 aromatic heterocycles. The van der Waals surface area contributed by atoms with Gasteiger partial charge in [0.05, 0.1) is 32.0 Å². The van der Waals surface area contributed by atoms with Crippen LogP contribution in [-0.2, 0) is 14.3 Å². The van der Waals surface area contributed by atoms with Gasteiger partial charge in [0.25, 0.3) is 0 Å². The Hall–Kier alpha value is -0.690. The normalized spacial score (nSPS) is 27.3. The number of morpholine rings is 2. The van der Waals surface area contributed by atoms with Crippen LogP contribution in [-0.4, -0.2) is 87.4 Å². The predicted molar refractivity (Wildman–Crippen MR) is 72.1 cm³/mol. The summed E-state index contributed by atoms with van der Waals surface area (Å²) in [6.07, 6.45) is 0.179. The third kappa shape index (κ3) is 3.89. The topological polar surface area (TPSA) is 54.0 Å². The monoisotopic (exact) mass is 271 g/mol. The molecule has 0 radical (unpaired) electrons. The fourth-order valence-electron chi connectivity index (χ4n) is 2.65. The van der Waals surface area contributed by atoms with Gasteiger partial charge in [-0.1, -0.05) is 0 Å². The highest BCUT2D eigenvalue weighted by molar-refractivity contribution is 5.81. The molecule has 0 spiro atoms. The predicted octanol–water partition coefficient (Wildman–Crippen LogP) is -0.846. The number of rotatable bonds is 4. The molecule has 1 N–H and O–H groups in total. The first-order chi connectivity index (χ1) is 9.22. The third-order valence-corrected chi connectivity index (χ3v) is 3.83. The molecule has 2 rings (SSSR count). The summed E-state index contributed by atoms with van der Waals surface area (Å²) < 4.78 is 11.0. The Balaban J connectivity index is 1.86. The third-order valence-electron chi connectivity index (χ3n) is 3.83. The van der Waals surface area contributed by atoms with E-state index in [-0.39, 0.29) is 18.1 Å². The summed E-state index contributed by atoms with van der Waals surface area (Å²) >= 11 is 0. The lowest BCUT2D eigenvalue weighted by Crippen LogP contribution is -2.55. The second kappa shape index (κ2) is 7.19. The highest BCUT2D eigenvalue weighted by Crippen LogP contribution is 2.12. The van der Waals surface area contributed by atoms with E-state index in [1.165, 1.54) is 0 Å². The largest absolute Gasteiger partial charge is 0.378 e. The second-order valence-electron chi connectivity index (χ2n) is 5.16. The van der Waals surface area contributed by atoms with Crippen LogP contribution in [0.3, 0.4) is 0 Å². The molecule has 0 bridgehead atoms. The van der Waals surface area contributed by atoms with Gasteiger partial charge < -0.3 is 19.7 Å². The van der Waals surface area contributed by atoms with E-state index in [1.807, 2.05) is 18.9 Å². The van der Waals surface area contributed by atoms with Gasteiger partial charge in [0.2, 0.25) is 5.91 Å². The minimum absolute atomic E-state index is 0.0682. The van der Waals surface area contributed by atoms with Gasteiger partial charge in [-0.2, -0.15) is 0 Å². The van der Waals surface area contributed by atoms with Gasteiger partial charge in [-0.25, -0.2) is 0 Å². The summed E-state index contributed by atoms with van der Waals surface area (Å²) in [6.45, 7) is 7.92. The van der Waals surface area contributed by atoms with Crippen molar-refractivity contribution < 1.29 is 14.3 Å². The zero-order valence-electron chi connectivity index (χ0n) is 11.9. The molecule has 2 heterocycles. The van der Waals surface area contributed by atoms with Crippen molar-refractivity contribution in [2.45, 2.75) is 19.1 Å². The van der Waals surface area contributed by atoms with E-state index >= 15 is 0 Å². The number of hydrogen-bond donors (Lipinski definition) is 1. The lowest BCUT2D eigenvalue weighted by atomic mass is 10.1. The molecule has 110 valence electrons. The summed E-state index contributed by atoms with van der Waals surface area (Å²) in [6, 6.07) is -0.0682. The van der Waals surface area contributed by atoms with Gasteiger partial charge in [0.1, 0.15) is 0 Å². The van der Waals surface area contributed by atoms with Crippen molar-refractivity contribution in [3.63, 3.8) is 0 Å². The van der Waals surface area contributed by atoms with Crippen molar-refractivity contribution in [3.05, 3.63) is 0 Å². The van der Waals surface area contributed by atoms with Crippen molar-refractivity contribution in [1.29, 1.82) is 0 Å². The maximum atomic E-state index is 12.4. The number of hydrogen-bond acceptors (Lipinski definition) is 5. The molecule has 2 atom stereocenters. The van der Waals surface area contributed by atoms with E-state index in [1.54, 1.807) is 0 Å². The Kier molecular flexibility index (Phi) is 5.57. The number of carbonyl (C=O) groups excluding carboxylic acids is 1. The maximum Gasteiger partial charge on any atom is 0.239 e. The Morgan fingerprint density at radius 2 is 2.05 bits per heavy atom. The van der Waals surface area contributed by atoms with Crippen molar-refractivity contribution in [2.75, 3.05) is 59.6 Å². The van der Waals surface area contributed by atoms with E-state index in [9.17, 15) is 4.79 Å². The van der Waals surface area contributed by atoms with Crippen LogP contribution in [0.1, 0.15) is 6.92 Å². The van der Waals surface area contributed by atoms with Crippen molar-refractivity contribution in [3.8, 4) is 0 Å². The summed E-state index contributed by atoms with van der Waals surface area (Å²) in [5.41, 5.74) is 0. The smallest absolute Gasteiger partial charge is 0.239 e. The van der Waals surface area contributed by atoms with Crippen molar-refractivity contribution >= 4 is 5.91 Å². The Morgan fingerprint density at radius 3 is 2.74 bits per heavy atom. The zero-order chi connectivity index (χ0) is 13.7. The minimum Gasteiger partial charge on any atom is -0.378 e. The molecule has 0 saturated carbocycles. The second-order valence-corrected chi connectivity index (χ2v) is 5.16. The molecule has 0 aromatic rings. The van der Waals surface area contributed by atoms with E-state index < -0.39 is 0 Å². The standard InChI is InChI=1S/C13H25N3O3/c1-11(13(17)15-3-6-18-7-4-15)16-5-8-19-12(10-16)9-14-2/h11-12,14H,3-10H2,1-2H3. The van der Waals surface area contributed by atoms with Crippen LogP contribution in [0.4, 0.5) is 0 Å². The molecule has 0 aliphatic carbocycles. The highest BCUT2D eigenvalue weighted by Gasteiger charge is 2.30. The first-order valence-electron chi connectivity index (χ1n) is 7.09. The van der Waals surface area contributed by atoms with E-state index in [2.05, 4.69) is 10.2 Å². The Morgan fingerprint density at radius 1 is 1.32 bits per heavy atom. The van der Waals surface area contributed by atoms with Crippen LogP contribution in [0.15, 0.2) is 0 Å². The number of nitrogens with zero attached hydrogens (tertiary/aromatic N) is 2. The SMILES string of the molecule is CNCC1CN(C(C)C(=O)N2CCOCC2)CCO1. The first-order valence-corrected chi connectivity index (χ1v) is 7.09. The van der Waals surface area contributed by atoms with Crippen LogP contribution in [0, 0.1) is 0 Å². The summed E-state index contributed by atoms with van der Waals surface area (Å²) in [4.78, 5) is 16.6. The quantitative estimate of drug-likeness (QED) is 0.722. The zero-order valence-corrected chi connectivity index (χ0v) is 11.9. The first kappa shape index (κ1) is 14.7. The van der Waals surface area contributed by atoms with Crippen LogP contribution < -0.4 is 5.32 Å². The average molecular weight is 271 g/mol. The highest BCUT2D eigenvalue weighted by atomic mass is 16.5. The molecular weight excluding hydrogens is 246 g/mol. The average Bonchev–Trinajstić information content (AvgIpc) is 2.47. The fraction of sp³-hybridized carbons (Fsp3) is 0.923.